The van der Waals surface area contributed by atoms with Crippen LogP contribution in [0.4, 0.5) is 0 Å². The highest BCUT2D eigenvalue weighted by atomic mass is 79.9. The molecule has 0 bridgehead atoms. The minimum absolute atomic E-state index is 0. The van der Waals surface area contributed by atoms with E-state index in [-0.39, 0.29) is 17.0 Å². The molecular formula is C2H4BrMg. The molecule has 2 heteroatoms. The zero-order valence-corrected chi connectivity index (χ0v) is 5.53. The van der Waals surface area contributed by atoms with Crippen LogP contribution in [-0.4, -0.2) is 21.7 Å². The summed E-state index contributed by atoms with van der Waals surface area (Å²) in [7, 11) is 0. The standard InChI is InChI=1S/C2H3.BrH.Mg/c1-2;;/h1H,2H2;1H;. The molecule has 21 valence electrons. The molecule has 0 aliphatic heterocycles. The lowest BCUT2D eigenvalue weighted by Gasteiger charge is -1.31. The van der Waals surface area contributed by atoms with Gasteiger partial charge in [-0.2, -0.15) is 0 Å². The Balaban J connectivity index is 0. The summed E-state index contributed by atoms with van der Waals surface area (Å²) in [4.78, 5) is 0. The quantitative estimate of drug-likeness (QED) is 0.429. The third kappa shape index (κ3) is 12.1. The van der Waals surface area contributed by atoms with E-state index >= 15 is 0 Å². The van der Waals surface area contributed by atoms with Gasteiger partial charge in [0, 0.05) is 0 Å². The summed E-state index contributed by atoms with van der Waals surface area (Å²) >= 11 is 1.74. The molecule has 0 heterocycles. The second kappa shape index (κ2) is 9.01. The highest BCUT2D eigenvalue weighted by Crippen LogP contribution is 1.24. The average molecular weight is 132 g/mol. The van der Waals surface area contributed by atoms with Gasteiger partial charge in [-0.15, -0.1) is 23.6 Å². The van der Waals surface area contributed by atoms with E-state index in [2.05, 4.69) is 6.58 Å². The van der Waals surface area contributed by atoms with Crippen molar-refractivity contribution in [1.29, 1.82) is 0 Å². The van der Waals surface area contributed by atoms with Gasteiger partial charge in [0.1, 0.15) is 0 Å². The fourth-order valence-corrected chi connectivity index (χ4v) is 0. The molecule has 0 fully saturated rings. The topological polar surface area (TPSA) is 0 Å². The Labute approximate surface area is 49.5 Å². The highest BCUT2D eigenvalue weighted by Gasteiger charge is 1.20. The van der Waals surface area contributed by atoms with Gasteiger partial charge in [0.2, 0.25) is 0 Å². The zero-order chi connectivity index (χ0) is 2.71. The fraction of sp³-hybridized carbons (Fsp3) is 0. The summed E-state index contributed by atoms with van der Waals surface area (Å²) in [6.45, 7) is 3.37. The summed E-state index contributed by atoms with van der Waals surface area (Å²) in [6, 6.07) is 0. The Morgan fingerprint density at radius 1 is 1.75 bits per heavy atom. The van der Waals surface area contributed by atoms with E-state index in [9.17, 15) is 0 Å². The third-order valence-corrected chi connectivity index (χ3v) is 0. The van der Waals surface area contributed by atoms with Crippen molar-refractivity contribution in [3.63, 3.8) is 0 Å². The molecule has 0 N–H and O–H groups in total. The second-order valence-electron chi connectivity index (χ2n) is 0.289. The van der Waals surface area contributed by atoms with Gasteiger partial charge in [-0.3, -0.25) is 0 Å². The Bertz CT molecular complexity index is 13.5. The largest absolute Gasteiger partial charge is 0.262 e. The molecule has 0 aromatic carbocycles. The van der Waals surface area contributed by atoms with Gasteiger partial charge in [0.05, 0.1) is 0 Å². The molecule has 0 atom stereocenters. The Hall–Kier alpha value is 0.986. The first-order valence-corrected chi connectivity index (χ1v) is 1.63. The van der Waals surface area contributed by atoms with Crippen LogP contribution in [0.5, 0.6) is 0 Å². The molecule has 0 unspecified atom stereocenters. The molecule has 0 spiro atoms. The summed E-state index contributed by atoms with van der Waals surface area (Å²) < 4.78 is 1.78. The lowest BCUT2D eigenvalue weighted by molar-refractivity contribution is 2.63. The highest BCUT2D eigenvalue weighted by molar-refractivity contribution is 8.93. The van der Waals surface area contributed by atoms with Crippen LogP contribution in [0, 0.1) is 0 Å². The monoisotopic (exact) mass is 131 g/mol. The summed E-state index contributed by atoms with van der Waals surface area (Å²) in [5, 5.41) is 0. The van der Waals surface area contributed by atoms with E-state index in [0.29, 0.717) is 0 Å². The number of hydrogen-bond acceptors (Lipinski definition) is 0. The molecule has 0 rings (SSSR count). The van der Waals surface area contributed by atoms with Crippen molar-refractivity contribution in [3.8, 4) is 0 Å². The van der Waals surface area contributed by atoms with Crippen molar-refractivity contribution in [3.05, 3.63) is 10.8 Å². The first kappa shape index (κ1) is 8.88. The molecule has 0 amide bonds. The van der Waals surface area contributed by atoms with Gasteiger partial charge in [0.15, 0.2) is 0 Å². The molecule has 0 saturated heterocycles. The smallest absolute Gasteiger partial charge is 0.248 e. The Kier molecular flexibility index (Phi) is 20.0. The molecule has 1 radical (unpaired) electrons. The number of rotatable bonds is 0. The van der Waals surface area contributed by atoms with Crippen molar-refractivity contribution in [2.24, 2.45) is 0 Å². The molecular weight excluding hydrogens is 128 g/mol. The van der Waals surface area contributed by atoms with E-state index in [1.54, 1.807) is 25.9 Å². The summed E-state index contributed by atoms with van der Waals surface area (Å²) in [5.41, 5.74) is 0. The number of halogens is 1. The van der Waals surface area contributed by atoms with E-state index in [1.165, 1.54) is 0 Å². The average Bonchev–Trinajstić information content (AvgIpc) is 0.918. The lowest BCUT2D eigenvalue weighted by atomic mass is 11.3. The minimum atomic E-state index is 0. The van der Waals surface area contributed by atoms with Crippen molar-refractivity contribution in [2.45, 2.75) is 0 Å². The molecule has 0 aliphatic rings. The maximum absolute atomic E-state index is 3.37. The normalized spacial score (nSPS) is 2.75. The van der Waals surface area contributed by atoms with E-state index in [4.69, 9.17) is 0 Å². The molecule has 0 aromatic rings. The van der Waals surface area contributed by atoms with Gasteiger partial charge in [-0.1, -0.05) is 0 Å². The van der Waals surface area contributed by atoms with Gasteiger partial charge < -0.3 is 0 Å². The Morgan fingerprint density at radius 2 is 1.75 bits per heavy atom. The fourth-order valence-electron chi connectivity index (χ4n) is 0. The summed E-state index contributed by atoms with van der Waals surface area (Å²) in [5.74, 6) is 0. The zero-order valence-electron chi connectivity index (χ0n) is 2.40. The van der Waals surface area contributed by atoms with Gasteiger partial charge >= 0.3 is 0 Å². The van der Waals surface area contributed by atoms with Gasteiger partial charge in [0.25, 0.3) is 21.7 Å². The summed E-state index contributed by atoms with van der Waals surface area (Å²) in [6.07, 6.45) is 0. The third-order valence-electron chi connectivity index (χ3n) is 0. The van der Waals surface area contributed by atoms with E-state index in [1.807, 2.05) is 0 Å². The van der Waals surface area contributed by atoms with Crippen LogP contribution < -0.4 is 0 Å². The molecule has 0 saturated carbocycles. The SMILES string of the molecule is Br.C=[CH][Mg]. The predicted octanol–water partition coefficient (Wildman–Crippen LogP) is 0.876. The van der Waals surface area contributed by atoms with E-state index < -0.39 is 0 Å². The Morgan fingerprint density at radius 3 is 1.75 bits per heavy atom. The van der Waals surface area contributed by atoms with Crippen LogP contribution in [0.25, 0.3) is 0 Å². The maximum atomic E-state index is 3.37. The van der Waals surface area contributed by atoms with Crippen LogP contribution in [0.15, 0.2) is 10.8 Å². The van der Waals surface area contributed by atoms with Crippen LogP contribution in [0.2, 0.25) is 0 Å². The van der Waals surface area contributed by atoms with Crippen LogP contribution in [-0.2, 0) is 0 Å². The van der Waals surface area contributed by atoms with Crippen molar-refractivity contribution in [2.75, 3.05) is 0 Å². The van der Waals surface area contributed by atoms with E-state index in [0.717, 1.165) is 0 Å². The predicted molar refractivity (Wildman–Crippen MR) is 26.3 cm³/mol. The lowest BCUT2D eigenvalue weighted by Crippen LogP contribution is -1.29. The van der Waals surface area contributed by atoms with Crippen LogP contribution in [0.1, 0.15) is 0 Å². The maximum Gasteiger partial charge on any atom is 0.262 e. The number of hydrogen-bond donors (Lipinski definition) is 0. The van der Waals surface area contributed by atoms with Gasteiger partial charge in [-0.25, -0.2) is 4.21 Å². The van der Waals surface area contributed by atoms with Crippen molar-refractivity contribution >= 4 is 38.7 Å². The second-order valence-corrected chi connectivity index (χ2v) is 0.866. The minimum Gasteiger partial charge on any atom is -0.248 e. The first-order valence-electron chi connectivity index (χ1n) is 0.816. The van der Waals surface area contributed by atoms with Crippen LogP contribution in [0.3, 0.4) is 0 Å². The molecule has 4 heavy (non-hydrogen) atoms. The molecule has 0 aromatic heterocycles. The first-order chi connectivity index (χ1) is 1.41. The van der Waals surface area contributed by atoms with Crippen molar-refractivity contribution < 1.29 is 0 Å². The van der Waals surface area contributed by atoms with Gasteiger partial charge in [-0.05, 0) is 0 Å². The molecule has 0 nitrogen and oxygen atoms in total. The molecule has 0 aliphatic carbocycles. The van der Waals surface area contributed by atoms with Crippen molar-refractivity contribution in [1.82, 2.24) is 0 Å². The van der Waals surface area contributed by atoms with Crippen LogP contribution >= 0.6 is 17.0 Å².